The molecule has 80 valence electrons. The highest BCUT2D eigenvalue weighted by Crippen LogP contribution is 2.07. The lowest BCUT2D eigenvalue weighted by Gasteiger charge is -1.95. The predicted molar refractivity (Wildman–Crippen MR) is 50.9 cm³/mol. The molecule has 2 aromatic heterocycles. The average Bonchev–Trinajstić information content (AvgIpc) is 2.85. The van der Waals surface area contributed by atoms with Crippen LogP contribution in [-0.4, -0.2) is 22.4 Å². The minimum Gasteiger partial charge on any atom is -0.407 e. The smallest absolute Gasteiger partial charge is 0.315 e. The Bertz CT molecular complexity index is 397. The van der Waals surface area contributed by atoms with Crippen LogP contribution in [0.4, 0.5) is 6.01 Å². The molecule has 7 nitrogen and oxygen atoms in total. The molecule has 0 amide bonds. The van der Waals surface area contributed by atoms with Crippen LogP contribution in [0.25, 0.3) is 0 Å². The van der Waals surface area contributed by atoms with Gasteiger partial charge in [-0.05, 0) is 7.05 Å². The summed E-state index contributed by atoms with van der Waals surface area (Å²) in [7, 11) is 1.81. The van der Waals surface area contributed by atoms with Crippen molar-refractivity contribution in [3.8, 4) is 0 Å². The Kier molecular flexibility index (Phi) is 2.93. The van der Waals surface area contributed by atoms with Crippen molar-refractivity contribution >= 4 is 6.01 Å². The van der Waals surface area contributed by atoms with Crippen LogP contribution in [0.1, 0.15) is 11.7 Å². The zero-order chi connectivity index (χ0) is 10.5. The molecule has 0 bridgehead atoms. The van der Waals surface area contributed by atoms with Crippen molar-refractivity contribution in [1.29, 1.82) is 0 Å². The van der Waals surface area contributed by atoms with Crippen LogP contribution in [-0.2, 0) is 13.1 Å². The van der Waals surface area contributed by atoms with E-state index in [1.807, 2.05) is 7.05 Å². The molecule has 2 N–H and O–H groups in total. The average molecular weight is 209 g/mol. The second-order valence-corrected chi connectivity index (χ2v) is 2.86. The van der Waals surface area contributed by atoms with Crippen LogP contribution in [0.5, 0.6) is 0 Å². The minimum absolute atomic E-state index is 0.372. The molecule has 0 spiro atoms. The molecule has 0 radical (unpaired) electrons. The van der Waals surface area contributed by atoms with Gasteiger partial charge in [0, 0.05) is 6.07 Å². The van der Waals surface area contributed by atoms with Crippen molar-refractivity contribution in [3.63, 3.8) is 0 Å². The van der Waals surface area contributed by atoms with Crippen molar-refractivity contribution in [2.24, 2.45) is 0 Å². The van der Waals surface area contributed by atoms with Gasteiger partial charge in [-0.15, -0.1) is 5.10 Å². The maximum absolute atomic E-state index is 5.26. The Morgan fingerprint density at radius 2 is 2.27 bits per heavy atom. The molecule has 15 heavy (non-hydrogen) atoms. The summed E-state index contributed by atoms with van der Waals surface area (Å²) in [4.78, 5) is 0. The predicted octanol–water partition coefficient (Wildman–Crippen LogP) is 0.389. The summed E-state index contributed by atoms with van der Waals surface area (Å²) < 4.78 is 10.2. The van der Waals surface area contributed by atoms with Gasteiger partial charge in [0.05, 0.1) is 19.3 Å². The summed E-state index contributed by atoms with van der Waals surface area (Å²) >= 11 is 0. The number of nitrogens with zero attached hydrogens (tertiary/aromatic N) is 3. The summed E-state index contributed by atoms with van der Waals surface area (Å²) in [5, 5.41) is 17.0. The van der Waals surface area contributed by atoms with Gasteiger partial charge in [0.15, 0.2) is 5.76 Å². The van der Waals surface area contributed by atoms with Crippen LogP contribution >= 0.6 is 0 Å². The third-order valence-corrected chi connectivity index (χ3v) is 1.70. The second-order valence-electron chi connectivity index (χ2n) is 2.86. The Labute approximate surface area is 85.9 Å². The van der Waals surface area contributed by atoms with Crippen molar-refractivity contribution < 1.29 is 8.94 Å². The minimum atomic E-state index is 0.372. The van der Waals surface area contributed by atoms with E-state index in [9.17, 15) is 0 Å². The third kappa shape index (κ3) is 2.53. The molecule has 0 aliphatic carbocycles. The molecule has 0 saturated carbocycles. The summed E-state index contributed by atoms with van der Waals surface area (Å²) in [5.41, 5.74) is 0. The fourth-order valence-electron chi connectivity index (χ4n) is 1.04. The molecule has 2 heterocycles. The highest BCUT2D eigenvalue weighted by atomic mass is 16.5. The third-order valence-electron chi connectivity index (χ3n) is 1.70. The van der Waals surface area contributed by atoms with Gasteiger partial charge < -0.3 is 19.6 Å². The number of hydrogen-bond acceptors (Lipinski definition) is 7. The Hall–Kier alpha value is -1.89. The quantitative estimate of drug-likeness (QED) is 0.736. The van der Waals surface area contributed by atoms with E-state index in [0.29, 0.717) is 30.8 Å². The van der Waals surface area contributed by atoms with Crippen molar-refractivity contribution in [1.82, 2.24) is 20.7 Å². The molecule has 2 rings (SSSR count). The number of anilines is 1. The van der Waals surface area contributed by atoms with Gasteiger partial charge in [-0.25, -0.2) is 0 Å². The molecular weight excluding hydrogens is 198 g/mol. The Morgan fingerprint density at radius 3 is 3.00 bits per heavy atom. The number of nitrogens with one attached hydrogen (secondary N) is 2. The molecular formula is C8H11N5O2. The van der Waals surface area contributed by atoms with Gasteiger partial charge in [-0.1, -0.05) is 10.3 Å². The largest absolute Gasteiger partial charge is 0.407 e. The lowest BCUT2D eigenvalue weighted by Crippen LogP contribution is -2.04. The highest BCUT2D eigenvalue weighted by Gasteiger charge is 2.05. The van der Waals surface area contributed by atoms with E-state index < -0.39 is 0 Å². The van der Waals surface area contributed by atoms with E-state index in [4.69, 9.17) is 8.94 Å². The van der Waals surface area contributed by atoms with Crippen LogP contribution in [0.3, 0.4) is 0 Å². The lowest BCUT2D eigenvalue weighted by atomic mass is 10.5. The molecule has 0 atom stereocenters. The van der Waals surface area contributed by atoms with Crippen LogP contribution in [0, 0.1) is 0 Å². The van der Waals surface area contributed by atoms with E-state index in [0.717, 1.165) is 0 Å². The molecule has 0 aliphatic heterocycles. The first-order valence-corrected chi connectivity index (χ1v) is 4.49. The molecule has 0 unspecified atom stereocenters. The van der Waals surface area contributed by atoms with Gasteiger partial charge in [-0.3, -0.25) is 0 Å². The van der Waals surface area contributed by atoms with Crippen molar-refractivity contribution in [3.05, 3.63) is 23.9 Å². The first-order chi connectivity index (χ1) is 7.38. The standard InChI is InChI=1S/C8H11N5O2/c1-9-5-7-12-13-8(14-7)10-4-6-2-3-11-15-6/h2-3,9H,4-5H2,1H3,(H,10,13). The maximum Gasteiger partial charge on any atom is 0.315 e. The van der Waals surface area contributed by atoms with Crippen LogP contribution < -0.4 is 10.6 Å². The number of rotatable bonds is 5. The monoisotopic (exact) mass is 209 g/mol. The summed E-state index contributed by atoms with van der Waals surface area (Å²) in [6.45, 7) is 1.03. The summed E-state index contributed by atoms with van der Waals surface area (Å²) in [5.74, 6) is 1.25. The Balaban J connectivity index is 1.88. The van der Waals surface area contributed by atoms with Crippen molar-refractivity contribution in [2.75, 3.05) is 12.4 Å². The molecule has 0 saturated heterocycles. The summed E-state index contributed by atoms with van der Waals surface area (Å²) in [6.07, 6.45) is 1.58. The van der Waals surface area contributed by atoms with E-state index >= 15 is 0 Å². The Morgan fingerprint density at radius 1 is 1.33 bits per heavy atom. The molecule has 0 fully saturated rings. The first kappa shape index (κ1) is 9.66. The van der Waals surface area contributed by atoms with E-state index in [1.165, 1.54) is 0 Å². The van der Waals surface area contributed by atoms with Gasteiger partial charge >= 0.3 is 6.01 Å². The number of aromatic nitrogens is 3. The maximum atomic E-state index is 5.26. The summed E-state index contributed by atoms with van der Waals surface area (Å²) in [6, 6.07) is 2.13. The zero-order valence-corrected chi connectivity index (χ0v) is 8.23. The van der Waals surface area contributed by atoms with Gasteiger partial charge in [0.25, 0.3) is 0 Å². The number of hydrogen-bond donors (Lipinski definition) is 2. The topological polar surface area (TPSA) is 89.0 Å². The fraction of sp³-hybridized carbons (Fsp3) is 0.375. The highest BCUT2D eigenvalue weighted by molar-refractivity contribution is 5.18. The van der Waals surface area contributed by atoms with Crippen LogP contribution in [0.15, 0.2) is 21.2 Å². The molecule has 0 aliphatic rings. The molecule has 0 aromatic carbocycles. The first-order valence-electron chi connectivity index (χ1n) is 4.49. The van der Waals surface area contributed by atoms with Gasteiger partial charge in [0.1, 0.15) is 0 Å². The van der Waals surface area contributed by atoms with Gasteiger partial charge in [0.2, 0.25) is 5.89 Å². The van der Waals surface area contributed by atoms with Gasteiger partial charge in [-0.2, -0.15) is 0 Å². The molecule has 2 aromatic rings. The van der Waals surface area contributed by atoms with E-state index in [2.05, 4.69) is 26.0 Å². The van der Waals surface area contributed by atoms with Crippen molar-refractivity contribution in [2.45, 2.75) is 13.1 Å². The van der Waals surface area contributed by atoms with Crippen LogP contribution in [0.2, 0.25) is 0 Å². The lowest BCUT2D eigenvalue weighted by molar-refractivity contribution is 0.386. The second kappa shape index (κ2) is 4.56. The zero-order valence-electron chi connectivity index (χ0n) is 8.23. The van der Waals surface area contributed by atoms with E-state index in [1.54, 1.807) is 12.3 Å². The van der Waals surface area contributed by atoms with E-state index in [-0.39, 0.29) is 0 Å². The molecule has 7 heteroatoms. The fourth-order valence-corrected chi connectivity index (χ4v) is 1.04. The SMILES string of the molecule is CNCc1nnc(NCc2ccno2)o1. The normalized spacial score (nSPS) is 10.5.